The van der Waals surface area contributed by atoms with Crippen LogP contribution in [-0.2, 0) is 14.8 Å². The maximum Gasteiger partial charge on any atom is 0.264 e. The van der Waals surface area contributed by atoms with Gasteiger partial charge in [0.05, 0.1) is 17.2 Å². The number of rotatable bonds is 9. The normalized spacial score (nSPS) is 11.3. The SMILES string of the molecule is CCOc1ccccc1N(CC(=O)NC(C)C)S(=O)(=O)c1ccc(SC)cc1. The summed E-state index contributed by atoms with van der Waals surface area (Å²) in [6, 6.07) is 13.3. The van der Waals surface area contributed by atoms with Crippen molar-refractivity contribution in [3.05, 3.63) is 48.5 Å². The van der Waals surface area contributed by atoms with Crippen LogP contribution in [0, 0.1) is 0 Å². The van der Waals surface area contributed by atoms with Gasteiger partial charge in [0.25, 0.3) is 10.0 Å². The van der Waals surface area contributed by atoms with Gasteiger partial charge in [0.15, 0.2) is 0 Å². The zero-order valence-corrected chi connectivity index (χ0v) is 18.1. The van der Waals surface area contributed by atoms with Gasteiger partial charge in [0.1, 0.15) is 12.3 Å². The third-order valence-corrected chi connectivity index (χ3v) is 6.34. The molecule has 0 spiro atoms. The van der Waals surface area contributed by atoms with E-state index in [1.165, 1.54) is 11.8 Å². The summed E-state index contributed by atoms with van der Waals surface area (Å²) < 4.78 is 33.5. The molecule has 0 aliphatic heterocycles. The first-order chi connectivity index (χ1) is 13.3. The molecule has 2 aromatic rings. The highest BCUT2D eigenvalue weighted by Gasteiger charge is 2.29. The third kappa shape index (κ3) is 5.42. The first-order valence-electron chi connectivity index (χ1n) is 8.97. The van der Waals surface area contributed by atoms with Gasteiger partial charge in [-0.05, 0) is 63.4 Å². The molecule has 0 atom stereocenters. The van der Waals surface area contributed by atoms with E-state index in [0.29, 0.717) is 18.0 Å². The van der Waals surface area contributed by atoms with E-state index in [1.807, 2.05) is 27.0 Å². The highest BCUT2D eigenvalue weighted by atomic mass is 32.2. The Kier molecular flexibility index (Phi) is 7.77. The molecule has 2 rings (SSSR count). The number of nitrogens with zero attached hydrogens (tertiary/aromatic N) is 1. The fourth-order valence-corrected chi connectivity index (χ4v) is 4.45. The molecule has 8 heteroatoms. The second kappa shape index (κ2) is 9.84. The van der Waals surface area contributed by atoms with Crippen molar-refractivity contribution in [2.45, 2.75) is 36.6 Å². The number of anilines is 1. The van der Waals surface area contributed by atoms with Crippen LogP contribution in [0.1, 0.15) is 20.8 Å². The number of nitrogens with one attached hydrogen (secondary N) is 1. The van der Waals surface area contributed by atoms with E-state index in [9.17, 15) is 13.2 Å². The van der Waals surface area contributed by atoms with E-state index >= 15 is 0 Å². The molecule has 0 unspecified atom stereocenters. The number of carbonyl (C=O) groups is 1. The fraction of sp³-hybridized carbons (Fsp3) is 0.350. The van der Waals surface area contributed by atoms with Gasteiger partial charge in [-0.15, -0.1) is 11.8 Å². The van der Waals surface area contributed by atoms with Crippen molar-refractivity contribution < 1.29 is 17.9 Å². The van der Waals surface area contributed by atoms with Crippen molar-refractivity contribution >= 4 is 33.4 Å². The number of ether oxygens (including phenoxy) is 1. The van der Waals surface area contributed by atoms with Gasteiger partial charge in [-0.1, -0.05) is 12.1 Å². The zero-order chi connectivity index (χ0) is 20.7. The van der Waals surface area contributed by atoms with Gasteiger partial charge in [-0.3, -0.25) is 9.10 Å². The van der Waals surface area contributed by atoms with Gasteiger partial charge in [0, 0.05) is 10.9 Å². The Morgan fingerprint density at radius 3 is 2.36 bits per heavy atom. The topological polar surface area (TPSA) is 75.7 Å². The summed E-state index contributed by atoms with van der Waals surface area (Å²) in [6.45, 7) is 5.51. The molecule has 0 aliphatic carbocycles. The molecule has 0 fully saturated rings. The number of amides is 1. The quantitative estimate of drug-likeness (QED) is 0.626. The van der Waals surface area contributed by atoms with E-state index < -0.39 is 10.0 Å². The van der Waals surface area contributed by atoms with Crippen LogP contribution in [0.3, 0.4) is 0 Å². The molecule has 0 aromatic heterocycles. The molecule has 0 heterocycles. The number of carbonyl (C=O) groups excluding carboxylic acids is 1. The lowest BCUT2D eigenvalue weighted by molar-refractivity contribution is -0.120. The van der Waals surface area contributed by atoms with Crippen LogP contribution in [0.25, 0.3) is 0 Å². The highest BCUT2D eigenvalue weighted by Crippen LogP contribution is 2.32. The van der Waals surface area contributed by atoms with Crippen molar-refractivity contribution in [2.24, 2.45) is 0 Å². The molecule has 0 saturated carbocycles. The van der Waals surface area contributed by atoms with Crippen LogP contribution >= 0.6 is 11.8 Å². The molecule has 0 aliphatic rings. The molecule has 0 saturated heterocycles. The molecular formula is C20H26N2O4S2. The summed E-state index contributed by atoms with van der Waals surface area (Å²) in [6.07, 6.45) is 1.92. The molecule has 0 radical (unpaired) electrons. The van der Waals surface area contributed by atoms with E-state index in [0.717, 1.165) is 9.20 Å². The van der Waals surface area contributed by atoms with E-state index in [1.54, 1.807) is 48.5 Å². The molecule has 1 N–H and O–H groups in total. The van der Waals surface area contributed by atoms with Gasteiger partial charge in [-0.2, -0.15) is 0 Å². The first kappa shape index (κ1) is 22.1. The minimum atomic E-state index is -3.97. The standard InChI is InChI=1S/C20H26N2O4S2/c1-5-26-19-9-7-6-8-18(19)22(14-20(23)21-15(2)3)28(24,25)17-12-10-16(27-4)11-13-17/h6-13,15H,5,14H2,1-4H3,(H,21,23). The first-order valence-corrected chi connectivity index (χ1v) is 11.6. The number of hydrogen-bond acceptors (Lipinski definition) is 5. The third-order valence-electron chi connectivity index (χ3n) is 3.82. The molecule has 28 heavy (non-hydrogen) atoms. The van der Waals surface area contributed by atoms with Gasteiger partial charge in [-0.25, -0.2) is 8.42 Å². The minimum Gasteiger partial charge on any atom is -0.492 e. The molecule has 2 aromatic carbocycles. The summed E-state index contributed by atoms with van der Waals surface area (Å²) in [4.78, 5) is 13.5. The Bertz CT molecular complexity index is 897. The maximum atomic E-state index is 13.4. The van der Waals surface area contributed by atoms with Crippen LogP contribution in [0.5, 0.6) is 5.75 Å². The Balaban J connectivity index is 2.52. The van der Waals surface area contributed by atoms with E-state index in [2.05, 4.69) is 5.32 Å². The van der Waals surface area contributed by atoms with Crippen LogP contribution in [0.15, 0.2) is 58.3 Å². The summed E-state index contributed by atoms with van der Waals surface area (Å²) in [5.41, 5.74) is 0.331. The molecule has 6 nitrogen and oxygen atoms in total. The number of hydrogen-bond donors (Lipinski definition) is 1. The second-order valence-electron chi connectivity index (χ2n) is 6.31. The van der Waals surface area contributed by atoms with Crippen molar-refractivity contribution in [1.29, 1.82) is 0 Å². The number of sulfonamides is 1. The predicted octanol–water partition coefficient (Wildman–Crippen LogP) is 3.53. The summed E-state index contributed by atoms with van der Waals surface area (Å²) >= 11 is 1.53. The van der Waals surface area contributed by atoms with Crippen LogP contribution in [0.2, 0.25) is 0 Å². The number of benzene rings is 2. The lowest BCUT2D eigenvalue weighted by atomic mass is 10.3. The summed E-state index contributed by atoms with van der Waals surface area (Å²) in [5, 5.41) is 2.75. The highest BCUT2D eigenvalue weighted by molar-refractivity contribution is 7.98. The molecular weight excluding hydrogens is 396 g/mol. The van der Waals surface area contributed by atoms with E-state index in [4.69, 9.17) is 4.74 Å². The lowest BCUT2D eigenvalue weighted by Crippen LogP contribution is -2.43. The molecule has 1 amide bonds. The summed E-state index contributed by atoms with van der Waals surface area (Å²) in [5.74, 6) is 0.0252. The van der Waals surface area contributed by atoms with Crippen LogP contribution in [0.4, 0.5) is 5.69 Å². The smallest absolute Gasteiger partial charge is 0.264 e. The molecule has 152 valence electrons. The second-order valence-corrected chi connectivity index (χ2v) is 9.05. The van der Waals surface area contributed by atoms with Crippen LogP contribution in [-0.4, -0.2) is 39.8 Å². The summed E-state index contributed by atoms with van der Waals surface area (Å²) in [7, 11) is -3.97. The number of para-hydroxylation sites is 2. The minimum absolute atomic E-state index is 0.0972. The Morgan fingerprint density at radius 2 is 1.79 bits per heavy atom. The zero-order valence-electron chi connectivity index (χ0n) is 16.5. The average molecular weight is 423 g/mol. The van der Waals surface area contributed by atoms with Crippen molar-refractivity contribution in [3.8, 4) is 5.75 Å². The lowest BCUT2D eigenvalue weighted by Gasteiger charge is -2.26. The Hall–Kier alpha value is -2.19. The van der Waals surface area contributed by atoms with Gasteiger partial charge < -0.3 is 10.1 Å². The van der Waals surface area contributed by atoms with Crippen LogP contribution < -0.4 is 14.4 Å². The largest absolute Gasteiger partial charge is 0.492 e. The van der Waals surface area contributed by atoms with Crippen molar-refractivity contribution in [2.75, 3.05) is 23.7 Å². The van der Waals surface area contributed by atoms with Gasteiger partial charge in [0.2, 0.25) is 5.91 Å². The maximum absolute atomic E-state index is 13.4. The van der Waals surface area contributed by atoms with Crippen molar-refractivity contribution in [1.82, 2.24) is 5.32 Å². The Labute approximate surface area is 171 Å². The van der Waals surface area contributed by atoms with Gasteiger partial charge >= 0.3 is 0 Å². The number of thioether (sulfide) groups is 1. The average Bonchev–Trinajstić information content (AvgIpc) is 2.66. The van der Waals surface area contributed by atoms with E-state index in [-0.39, 0.29) is 23.4 Å². The monoisotopic (exact) mass is 422 g/mol. The fourth-order valence-electron chi connectivity index (χ4n) is 2.61. The Morgan fingerprint density at radius 1 is 1.14 bits per heavy atom. The predicted molar refractivity (Wildman–Crippen MR) is 114 cm³/mol. The van der Waals surface area contributed by atoms with Crippen molar-refractivity contribution in [3.63, 3.8) is 0 Å². The molecule has 0 bridgehead atoms.